The van der Waals surface area contributed by atoms with Crippen LogP contribution in [0, 0.1) is 6.92 Å². The maximum absolute atomic E-state index is 11.9. The van der Waals surface area contributed by atoms with Crippen LogP contribution in [0.3, 0.4) is 0 Å². The van der Waals surface area contributed by atoms with Gasteiger partial charge in [0.2, 0.25) is 0 Å². The van der Waals surface area contributed by atoms with E-state index in [4.69, 9.17) is 5.73 Å². The molecule has 5 heteroatoms. The Hall–Kier alpha value is -1.52. The summed E-state index contributed by atoms with van der Waals surface area (Å²) in [6.07, 6.45) is -5.39. The van der Waals surface area contributed by atoms with E-state index < -0.39 is 12.6 Å². The lowest BCUT2D eigenvalue weighted by molar-refractivity contribution is -0.135. The zero-order valence-electron chi connectivity index (χ0n) is 9.47. The summed E-state index contributed by atoms with van der Waals surface area (Å²) in [6, 6.07) is 4.73. The average Bonchev–Trinajstić information content (AvgIpc) is 2.20. The number of aryl methyl sites for hydroxylation is 1. The van der Waals surface area contributed by atoms with Crippen LogP contribution in [0.4, 0.5) is 18.9 Å². The van der Waals surface area contributed by atoms with Crippen LogP contribution in [0.1, 0.15) is 35.2 Å². The molecule has 2 nitrogen and oxygen atoms in total. The number of carbonyl (C=O) groups excluding carboxylic acids is 1. The summed E-state index contributed by atoms with van der Waals surface area (Å²) in [7, 11) is 0. The van der Waals surface area contributed by atoms with Gasteiger partial charge in [-0.3, -0.25) is 4.79 Å². The lowest BCUT2D eigenvalue weighted by Gasteiger charge is -2.06. The molecule has 0 heterocycles. The van der Waals surface area contributed by atoms with Crippen molar-refractivity contribution in [3.05, 3.63) is 29.3 Å². The lowest BCUT2D eigenvalue weighted by atomic mass is 10.0. The van der Waals surface area contributed by atoms with Gasteiger partial charge in [0.1, 0.15) is 0 Å². The second kappa shape index (κ2) is 5.21. The molecule has 0 radical (unpaired) electrons. The summed E-state index contributed by atoms with van der Waals surface area (Å²) in [5, 5.41) is 0. The van der Waals surface area contributed by atoms with Crippen LogP contribution in [-0.4, -0.2) is 12.0 Å². The molecule has 1 aromatic rings. The van der Waals surface area contributed by atoms with Gasteiger partial charge >= 0.3 is 6.18 Å². The highest BCUT2D eigenvalue weighted by Crippen LogP contribution is 2.23. The molecule has 1 rings (SSSR count). The van der Waals surface area contributed by atoms with E-state index in [1.165, 1.54) is 6.07 Å². The molecule has 0 aliphatic carbocycles. The normalized spacial score (nSPS) is 11.5. The Morgan fingerprint density at radius 3 is 2.53 bits per heavy atom. The number of rotatable bonds is 4. The number of hydrogen-bond acceptors (Lipinski definition) is 2. The van der Waals surface area contributed by atoms with Crippen molar-refractivity contribution < 1.29 is 18.0 Å². The Labute approximate surface area is 97.6 Å². The molecule has 0 unspecified atom stereocenters. The van der Waals surface area contributed by atoms with Crippen LogP contribution in [-0.2, 0) is 0 Å². The van der Waals surface area contributed by atoms with Gasteiger partial charge < -0.3 is 5.73 Å². The second-order valence-electron chi connectivity index (χ2n) is 3.96. The fourth-order valence-corrected chi connectivity index (χ4v) is 1.44. The molecule has 0 amide bonds. The molecular weight excluding hydrogens is 231 g/mol. The zero-order chi connectivity index (χ0) is 13.1. The minimum atomic E-state index is -4.20. The van der Waals surface area contributed by atoms with E-state index in [0.717, 1.165) is 5.56 Å². The zero-order valence-corrected chi connectivity index (χ0v) is 9.47. The number of Topliss-reactive ketones (excluding diaryl/α,β-unsaturated/α-hetero) is 1. The van der Waals surface area contributed by atoms with Crippen molar-refractivity contribution >= 4 is 11.5 Å². The maximum atomic E-state index is 11.9. The Bertz CT molecular complexity index is 413. The van der Waals surface area contributed by atoms with Crippen molar-refractivity contribution in [2.75, 3.05) is 5.73 Å². The van der Waals surface area contributed by atoms with Crippen molar-refractivity contribution in [1.29, 1.82) is 0 Å². The van der Waals surface area contributed by atoms with Crippen LogP contribution in [0.25, 0.3) is 0 Å². The number of halogens is 3. The van der Waals surface area contributed by atoms with E-state index in [1.807, 2.05) is 0 Å². The first-order valence-electron chi connectivity index (χ1n) is 5.25. The molecule has 1 aromatic carbocycles. The van der Waals surface area contributed by atoms with Crippen LogP contribution < -0.4 is 5.73 Å². The number of nitrogen functional groups attached to an aromatic ring is 1. The molecule has 0 saturated carbocycles. The van der Waals surface area contributed by atoms with E-state index in [9.17, 15) is 18.0 Å². The predicted octanol–water partition coefficient (Wildman–Crippen LogP) is 3.49. The van der Waals surface area contributed by atoms with Gasteiger partial charge in [-0.05, 0) is 37.1 Å². The summed E-state index contributed by atoms with van der Waals surface area (Å²) in [5.41, 5.74) is 7.32. The van der Waals surface area contributed by atoms with E-state index >= 15 is 0 Å². The summed E-state index contributed by atoms with van der Waals surface area (Å²) >= 11 is 0. The third-order valence-electron chi connectivity index (χ3n) is 2.46. The van der Waals surface area contributed by atoms with Crippen molar-refractivity contribution in [3.63, 3.8) is 0 Å². The molecule has 0 saturated heterocycles. The number of benzene rings is 1. The van der Waals surface area contributed by atoms with Gasteiger partial charge in [-0.1, -0.05) is 0 Å². The van der Waals surface area contributed by atoms with Crippen molar-refractivity contribution in [1.82, 2.24) is 0 Å². The number of carbonyl (C=O) groups is 1. The predicted molar refractivity (Wildman–Crippen MR) is 59.8 cm³/mol. The van der Waals surface area contributed by atoms with Crippen LogP contribution in [0.5, 0.6) is 0 Å². The van der Waals surface area contributed by atoms with Crippen LogP contribution >= 0.6 is 0 Å². The van der Waals surface area contributed by atoms with Gasteiger partial charge in [-0.25, -0.2) is 0 Å². The topological polar surface area (TPSA) is 43.1 Å². The Balaban J connectivity index is 2.56. The number of nitrogens with two attached hydrogens (primary N) is 1. The molecule has 0 spiro atoms. The minimum Gasteiger partial charge on any atom is -0.399 e. The third-order valence-corrected chi connectivity index (χ3v) is 2.46. The molecule has 0 aromatic heterocycles. The second-order valence-corrected chi connectivity index (χ2v) is 3.96. The summed E-state index contributed by atoms with van der Waals surface area (Å²) < 4.78 is 35.7. The molecule has 0 aliphatic rings. The third kappa shape index (κ3) is 4.46. The number of alkyl halides is 3. The quantitative estimate of drug-likeness (QED) is 0.651. The molecule has 0 bridgehead atoms. The highest BCUT2D eigenvalue weighted by Gasteiger charge is 2.26. The summed E-state index contributed by atoms with van der Waals surface area (Å²) in [6.45, 7) is 1.75. The largest absolute Gasteiger partial charge is 0.399 e. The Morgan fingerprint density at radius 1 is 1.35 bits per heavy atom. The molecule has 94 valence electrons. The molecule has 17 heavy (non-hydrogen) atoms. The van der Waals surface area contributed by atoms with Crippen molar-refractivity contribution in [2.45, 2.75) is 32.4 Å². The minimum absolute atomic E-state index is 0.0944. The maximum Gasteiger partial charge on any atom is 0.389 e. The first-order valence-corrected chi connectivity index (χ1v) is 5.25. The fourth-order valence-electron chi connectivity index (χ4n) is 1.44. The van der Waals surface area contributed by atoms with Gasteiger partial charge in [0, 0.05) is 24.1 Å². The van der Waals surface area contributed by atoms with E-state index in [0.29, 0.717) is 11.3 Å². The molecule has 0 atom stereocenters. The van der Waals surface area contributed by atoms with E-state index in [2.05, 4.69) is 0 Å². The number of hydrogen-bond donors (Lipinski definition) is 1. The Morgan fingerprint density at radius 2 is 2.00 bits per heavy atom. The van der Waals surface area contributed by atoms with E-state index in [1.54, 1.807) is 19.1 Å². The SMILES string of the molecule is Cc1cc(C(=O)CCCC(F)(F)F)ccc1N. The van der Waals surface area contributed by atoms with Gasteiger partial charge in [0.25, 0.3) is 0 Å². The fraction of sp³-hybridized carbons (Fsp3) is 0.417. The van der Waals surface area contributed by atoms with Crippen LogP contribution in [0.2, 0.25) is 0 Å². The van der Waals surface area contributed by atoms with Gasteiger partial charge in [0.05, 0.1) is 0 Å². The van der Waals surface area contributed by atoms with Crippen molar-refractivity contribution in [2.24, 2.45) is 0 Å². The standard InChI is InChI=1S/C12H14F3NO/c1-8-7-9(4-5-10(8)16)11(17)3-2-6-12(13,14)15/h4-5,7H,2-3,6,16H2,1H3. The molecule has 0 fully saturated rings. The highest BCUT2D eigenvalue weighted by molar-refractivity contribution is 5.96. The molecule has 2 N–H and O–H groups in total. The highest BCUT2D eigenvalue weighted by atomic mass is 19.4. The van der Waals surface area contributed by atoms with Gasteiger partial charge in [0.15, 0.2) is 5.78 Å². The number of ketones is 1. The smallest absolute Gasteiger partial charge is 0.389 e. The van der Waals surface area contributed by atoms with Gasteiger partial charge in [-0.15, -0.1) is 0 Å². The Kier molecular flexibility index (Phi) is 4.15. The van der Waals surface area contributed by atoms with Crippen LogP contribution in [0.15, 0.2) is 18.2 Å². The lowest BCUT2D eigenvalue weighted by Crippen LogP contribution is -2.08. The number of anilines is 1. The van der Waals surface area contributed by atoms with E-state index in [-0.39, 0.29) is 18.6 Å². The summed E-state index contributed by atoms with van der Waals surface area (Å²) in [5.74, 6) is -0.280. The average molecular weight is 245 g/mol. The first-order chi connectivity index (χ1) is 7.79. The molecular formula is C12H14F3NO. The summed E-state index contributed by atoms with van der Waals surface area (Å²) in [4.78, 5) is 11.6. The monoisotopic (exact) mass is 245 g/mol. The van der Waals surface area contributed by atoms with Crippen molar-refractivity contribution in [3.8, 4) is 0 Å². The first kappa shape index (κ1) is 13.5. The molecule has 0 aliphatic heterocycles. The van der Waals surface area contributed by atoms with Gasteiger partial charge in [-0.2, -0.15) is 13.2 Å².